The molecule has 5 N–H and O–H groups in total. The van der Waals surface area contributed by atoms with Crippen LogP contribution in [-0.4, -0.2) is 30.2 Å². The van der Waals surface area contributed by atoms with Crippen molar-refractivity contribution in [2.45, 2.75) is 6.92 Å². The first-order chi connectivity index (χ1) is 8.00. The van der Waals surface area contributed by atoms with Gasteiger partial charge >= 0.3 is 12.0 Å². The summed E-state index contributed by atoms with van der Waals surface area (Å²) in [6, 6.07) is 4.25. The number of nitrogens with two attached hydrogens (primary N) is 1. The van der Waals surface area contributed by atoms with Crippen LogP contribution in [0.15, 0.2) is 18.2 Å². The third kappa shape index (κ3) is 4.02. The van der Waals surface area contributed by atoms with Crippen LogP contribution in [0.5, 0.6) is 0 Å². The molecule has 0 saturated carbocycles. The van der Waals surface area contributed by atoms with E-state index in [4.69, 9.17) is 10.8 Å². The maximum atomic E-state index is 10.7. The van der Waals surface area contributed by atoms with E-state index in [1.807, 2.05) is 6.92 Å². The first-order valence-corrected chi connectivity index (χ1v) is 5.12. The van der Waals surface area contributed by atoms with Crippen molar-refractivity contribution in [3.05, 3.63) is 29.3 Å². The molecule has 0 radical (unpaired) electrons. The summed E-state index contributed by atoms with van der Waals surface area (Å²) < 4.78 is 0. The second kappa shape index (κ2) is 5.74. The lowest BCUT2D eigenvalue weighted by Gasteiger charge is -2.10. The van der Waals surface area contributed by atoms with Gasteiger partial charge in [0.1, 0.15) is 0 Å². The molecule has 0 heterocycles. The van der Waals surface area contributed by atoms with Crippen LogP contribution >= 0.6 is 0 Å². The monoisotopic (exact) mass is 237 g/mol. The second-order valence-electron chi connectivity index (χ2n) is 3.55. The minimum Gasteiger partial charge on any atom is -0.478 e. The molecular formula is C11H15N3O3. The summed E-state index contributed by atoms with van der Waals surface area (Å²) in [7, 11) is 0. The van der Waals surface area contributed by atoms with Crippen LogP contribution < -0.4 is 16.4 Å². The number of amides is 2. The Morgan fingerprint density at radius 1 is 1.35 bits per heavy atom. The second-order valence-corrected chi connectivity index (χ2v) is 3.55. The summed E-state index contributed by atoms with van der Waals surface area (Å²) in [4.78, 5) is 21.1. The summed E-state index contributed by atoms with van der Waals surface area (Å²) in [6.45, 7) is 2.75. The van der Waals surface area contributed by atoms with Gasteiger partial charge in [0.2, 0.25) is 0 Å². The highest BCUT2D eigenvalue weighted by atomic mass is 16.4. The zero-order valence-electron chi connectivity index (χ0n) is 9.49. The molecule has 0 aromatic heterocycles. The van der Waals surface area contributed by atoms with E-state index in [-0.39, 0.29) is 5.56 Å². The fourth-order valence-electron chi connectivity index (χ4n) is 1.38. The molecule has 6 heteroatoms. The van der Waals surface area contributed by atoms with E-state index in [2.05, 4.69) is 10.6 Å². The van der Waals surface area contributed by atoms with Gasteiger partial charge in [0.25, 0.3) is 0 Å². The topological polar surface area (TPSA) is 104 Å². The molecule has 0 saturated heterocycles. The lowest BCUT2D eigenvalue weighted by Crippen LogP contribution is -2.33. The van der Waals surface area contributed by atoms with Crippen LogP contribution in [0.25, 0.3) is 0 Å². The Balaban J connectivity index is 2.54. The maximum Gasteiger partial charge on any atom is 0.335 e. The van der Waals surface area contributed by atoms with Gasteiger partial charge in [-0.3, -0.25) is 0 Å². The minimum atomic E-state index is -0.949. The number of carbonyl (C=O) groups excluding carboxylic acids is 1. The van der Waals surface area contributed by atoms with Crippen molar-refractivity contribution in [1.82, 2.24) is 5.32 Å². The van der Waals surface area contributed by atoms with Crippen molar-refractivity contribution in [1.29, 1.82) is 0 Å². The normalized spacial score (nSPS) is 9.71. The van der Waals surface area contributed by atoms with Crippen molar-refractivity contribution in [2.24, 2.45) is 5.73 Å². The van der Waals surface area contributed by atoms with Crippen LogP contribution in [0.2, 0.25) is 0 Å². The van der Waals surface area contributed by atoms with Gasteiger partial charge in [0.05, 0.1) is 5.56 Å². The number of hydrogen-bond acceptors (Lipinski definition) is 3. The van der Waals surface area contributed by atoms with Gasteiger partial charge < -0.3 is 21.5 Å². The predicted octanol–water partition coefficient (Wildman–Crippen LogP) is 0.773. The zero-order chi connectivity index (χ0) is 12.8. The highest BCUT2D eigenvalue weighted by molar-refractivity contribution is 5.88. The molecular weight excluding hydrogens is 222 g/mol. The largest absolute Gasteiger partial charge is 0.478 e. The summed E-state index contributed by atoms with van der Waals surface area (Å²) in [5.74, 6) is -0.949. The van der Waals surface area contributed by atoms with Gasteiger partial charge in [-0.25, -0.2) is 9.59 Å². The van der Waals surface area contributed by atoms with Crippen LogP contribution in [0.1, 0.15) is 15.9 Å². The van der Waals surface area contributed by atoms with Crippen LogP contribution in [-0.2, 0) is 0 Å². The molecule has 0 aliphatic heterocycles. The summed E-state index contributed by atoms with van der Waals surface area (Å²) in [5, 5.41) is 14.3. The quantitative estimate of drug-likeness (QED) is 0.568. The fourth-order valence-corrected chi connectivity index (χ4v) is 1.38. The molecule has 0 atom stereocenters. The Kier molecular flexibility index (Phi) is 4.33. The maximum absolute atomic E-state index is 10.7. The number of hydrogen-bond donors (Lipinski definition) is 4. The number of primary amides is 1. The molecule has 0 aliphatic carbocycles. The molecule has 0 fully saturated rings. The Morgan fingerprint density at radius 3 is 2.59 bits per heavy atom. The molecule has 2 amide bonds. The van der Waals surface area contributed by atoms with Gasteiger partial charge in [-0.1, -0.05) is 0 Å². The van der Waals surface area contributed by atoms with E-state index < -0.39 is 12.0 Å². The summed E-state index contributed by atoms with van der Waals surface area (Å²) in [6.07, 6.45) is 0. The van der Waals surface area contributed by atoms with Crippen molar-refractivity contribution < 1.29 is 14.7 Å². The van der Waals surface area contributed by atoms with Gasteiger partial charge in [-0.15, -0.1) is 0 Å². The van der Waals surface area contributed by atoms with Crippen LogP contribution in [0.3, 0.4) is 0 Å². The van der Waals surface area contributed by atoms with Gasteiger partial charge in [0, 0.05) is 18.8 Å². The molecule has 92 valence electrons. The summed E-state index contributed by atoms with van der Waals surface area (Å²) in [5.41, 5.74) is 6.84. The molecule has 0 spiro atoms. The lowest BCUT2D eigenvalue weighted by atomic mass is 10.1. The highest BCUT2D eigenvalue weighted by Gasteiger charge is 2.05. The SMILES string of the molecule is Cc1cc(C(=O)O)ccc1NCCNC(N)=O. The minimum absolute atomic E-state index is 0.253. The van der Waals surface area contributed by atoms with Crippen molar-refractivity contribution in [2.75, 3.05) is 18.4 Å². The van der Waals surface area contributed by atoms with E-state index >= 15 is 0 Å². The number of rotatable bonds is 5. The van der Waals surface area contributed by atoms with Gasteiger partial charge in [0.15, 0.2) is 0 Å². The third-order valence-electron chi connectivity index (χ3n) is 2.21. The van der Waals surface area contributed by atoms with Crippen LogP contribution in [0, 0.1) is 6.92 Å². The Hall–Kier alpha value is -2.24. The average molecular weight is 237 g/mol. The first kappa shape index (κ1) is 12.8. The van der Waals surface area contributed by atoms with Crippen molar-refractivity contribution in [3.8, 4) is 0 Å². The standard InChI is InChI=1S/C11H15N3O3/c1-7-6-8(10(15)16)2-3-9(7)13-4-5-14-11(12)17/h2-3,6,13H,4-5H2,1H3,(H,15,16)(H3,12,14,17). The zero-order valence-corrected chi connectivity index (χ0v) is 9.49. The molecule has 0 unspecified atom stereocenters. The fraction of sp³-hybridized carbons (Fsp3) is 0.273. The third-order valence-corrected chi connectivity index (χ3v) is 2.21. The highest BCUT2D eigenvalue weighted by Crippen LogP contribution is 2.16. The number of anilines is 1. The number of carbonyl (C=O) groups is 2. The van der Waals surface area contributed by atoms with Crippen LogP contribution in [0.4, 0.5) is 10.5 Å². The number of carboxylic acid groups (broad SMARTS) is 1. The number of nitrogens with one attached hydrogen (secondary N) is 2. The molecule has 1 aromatic rings. The first-order valence-electron chi connectivity index (χ1n) is 5.12. The molecule has 0 bridgehead atoms. The lowest BCUT2D eigenvalue weighted by molar-refractivity contribution is 0.0697. The molecule has 0 aliphatic rings. The number of carboxylic acids is 1. The molecule has 6 nitrogen and oxygen atoms in total. The van der Waals surface area contributed by atoms with Gasteiger partial charge in [-0.05, 0) is 30.7 Å². The molecule has 1 aromatic carbocycles. The summed E-state index contributed by atoms with van der Waals surface area (Å²) >= 11 is 0. The number of urea groups is 1. The van der Waals surface area contributed by atoms with E-state index in [1.54, 1.807) is 12.1 Å². The Morgan fingerprint density at radius 2 is 2.06 bits per heavy atom. The smallest absolute Gasteiger partial charge is 0.335 e. The molecule has 1 rings (SSSR count). The molecule has 17 heavy (non-hydrogen) atoms. The van der Waals surface area contributed by atoms with Crippen molar-refractivity contribution >= 4 is 17.7 Å². The van der Waals surface area contributed by atoms with E-state index in [0.717, 1.165) is 11.3 Å². The van der Waals surface area contributed by atoms with Gasteiger partial charge in [-0.2, -0.15) is 0 Å². The van der Waals surface area contributed by atoms with Crippen molar-refractivity contribution in [3.63, 3.8) is 0 Å². The Bertz CT molecular complexity index is 432. The van der Waals surface area contributed by atoms with E-state index in [0.29, 0.717) is 13.1 Å². The number of benzene rings is 1. The predicted molar refractivity (Wildman–Crippen MR) is 64.2 cm³/mol. The number of aromatic carboxylic acids is 1. The number of aryl methyl sites for hydroxylation is 1. The van der Waals surface area contributed by atoms with E-state index in [1.165, 1.54) is 6.07 Å². The van der Waals surface area contributed by atoms with E-state index in [9.17, 15) is 9.59 Å². The average Bonchev–Trinajstić information content (AvgIpc) is 2.25. The Labute approximate surface area is 98.8 Å².